The van der Waals surface area contributed by atoms with Crippen LogP contribution in [0.15, 0.2) is 27.4 Å². The third-order valence-corrected chi connectivity index (χ3v) is 2.91. The van der Waals surface area contributed by atoms with Crippen molar-refractivity contribution in [1.82, 2.24) is 9.88 Å². The maximum Gasteiger partial charge on any atom is 0.419 e. The van der Waals surface area contributed by atoms with E-state index in [4.69, 9.17) is 16.0 Å². The van der Waals surface area contributed by atoms with Gasteiger partial charge in [0.2, 0.25) is 0 Å². The smallest absolute Gasteiger partial charge is 0.408 e. The molecule has 4 nitrogen and oxygen atoms in total. The van der Waals surface area contributed by atoms with Crippen LogP contribution in [-0.4, -0.2) is 23.5 Å². The van der Waals surface area contributed by atoms with E-state index in [0.717, 1.165) is 25.0 Å². The van der Waals surface area contributed by atoms with Crippen molar-refractivity contribution in [2.45, 2.75) is 6.42 Å². The number of benzene rings is 1. The normalized spacial score (nSPS) is 11.2. The number of alkyl halides is 1. The van der Waals surface area contributed by atoms with Crippen LogP contribution < -0.4 is 11.1 Å². The highest BCUT2D eigenvalue weighted by Crippen LogP contribution is 2.14. The number of oxazole rings is 1. The summed E-state index contributed by atoms with van der Waals surface area (Å²) in [5, 5.41) is 3.23. The molecule has 5 heteroatoms. The lowest BCUT2D eigenvalue weighted by Gasteiger charge is -2.03. The van der Waals surface area contributed by atoms with Gasteiger partial charge in [-0.25, -0.2) is 4.79 Å². The molecule has 0 atom stereocenters. The van der Waals surface area contributed by atoms with Crippen molar-refractivity contribution < 1.29 is 4.42 Å². The van der Waals surface area contributed by atoms with Crippen molar-refractivity contribution in [2.75, 3.05) is 19.0 Å². The van der Waals surface area contributed by atoms with Gasteiger partial charge in [-0.2, -0.15) is 0 Å². The van der Waals surface area contributed by atoms with E-state index in [-0.39, 0.29) is 5.76 Å². The lowest BCUT2D eigenvalue weighted by Crippen LogP contribution is -2.19. The van der Waals surface area contributed by atoms with Gasteiger partial charge in [0.15, 0.2) is 5.58 Å². The molecule has 0 spiro atoms. The summed E-state index contributed by atoms with van der Waals surface area (Å²) in [6.45, 7) is 1.69. The first-order valence-corrected chi connectivity index (χ1v) is 6.11. The predicted molar refractivity (Wildman–Crippen MR) is 68.7 cm³/mol. The van der Waals surface area contributed by atoms with Gasteiger partial charge in [-0.05, 0) is 30.7 Å². The van der Waals surface area contributed by atoms with Crippen LogP contribution in [0.5, 0.6) is 0 Å². The van der Waals surface area contributed by atoms with Crippen LogP contribution in [0.4, 0.5) is 0 Å². The molecule has 0 aliphatic heterocycles. The van der Waals surface area contributed by atoms with Crippen LogP contribution >= 0.6 is 11.6 Å². The summed E-state index contributed by atoms with van der Waals surface area (Å²) >= 11 is 5.57. The quantitative estimate of drug-likeness (QED) is 0.650. The number of hydrogen-bond acceptors (Lipinski definition) is 3. The molecule has 17 heavy (non-hydrogen) atoms. The summed E-state index contributed by atoms with van der Waals surface area (Å²) in [5.41, 5.74) is 2.65. The van der Waals surface area contributed by atoms with Crippen LogP contribution in [0, 0.1) is 0 Å². The predicted octanol–water partition coefficient (Wildman–Crippen LogP) is 1.50. The first-order valence-electron chi connectivity index (χ1n) is 5.57. The van der Waals surface area contributed by atoms with Gasteiger partial charge in [0.25, 0.3) is 0 Å². The van der Waals surface area contributed by atoms with Gasteiger partial charge in [0.05, 0.1) is 5.52 Å². The standard InChI is InChI=1S/C12H15ClN2O2/c1-15-10-8-9(4-6-14-7-5-13)2-3-11(10)17-12(15)16/h2-3,8,14H,4-7H2,1H3. The highest BCUT2D eigenvalue weighted by molar-refractivity contribution is 6.18. The van der Waals surface area contributed by atoms with Gasteiger partial charge in [-0.1, -0.05) is 6.07 Å². The Kier molecular flexibility index (Phi) is 3.86. The summed E-state index contributed by atoms with van der Waals surface area (Å²) in [6, 6.07) is 5.81. The van der Waals surface area contributed by atoms with Crippen molar-refractivity contribution in [3.63, 3.8) is 0 Å². The van der Waals surface area contributed by atoms with E-state index in [1.165, 1.54) is 10.1 Å². The number of rotatable bonds is 5. The molecule has 1 heterocycles. The van der Waals surface area contributed by atoms with Crippen LogP contribution in [0.2, 0.25) is 0 Å². The Morgan fingerprint density at radius 2 is 2.24 bits per heavy atom. The second-order valence-corrected chi connectivity index (χ2v) is 4.30. The SMILES string of the molecule is Cn1c(=O)oc2ccc(CCNCCCl)cc21. The molecule has 1 aromatic heterocycles. The summed E-state index contributed by atoms with van der Waals surface area (Å²) in [4.78, 5) is 11.3. The fourth-order valence-corrected chi connectivity index (χ4v) is 1.89. The summed E-state index contributed by atoms with van der Waals surface area (Å²) in [7, 11) is 1.71. The van der Waals surface area contributed by atoms with Crippen LogP contribution in [0.3, 0.4) is 0 Å². The van der Waals surface area contributed by atoms with E-state index in [0.29, 0.717) is 11.5 Å². The van der Waals surface area contributed by atoms with E-state index < -0.39 is 0 Å². The largest absolute Gasteiger partial charge is 0.419 e. The molecular formula is C12H15ClN2O2. The molecule has 2 rings (SSSR count). The van der Waals surface area contributed by atoms with Gasteiger partial charge < -0.3 is 9.73 Å². The fraction of sp³-hybridized carbons (Fsp3) is 0.417. The Hall–Kier alpha value is -1.26. The topological polar surface area (TPSA) is 47.2 Å². The number of halogens is 1. The fourth-order valence-electron chi connectivity index (χ4n) is 1.75. The van der Waals surface area contributed by atoms with E-state index in [9.17, 15) is 4.79 Å². The minimum absolute atomic E-state index is 0.322. The number of nitrogens with one attached hydrogen (secondary N) is 1. The maximum atomic E-state index is 11.3. The number of aromatic nitrogens is 1. The second-order valence-electron chi connectivity index (χ2n) is 3.92. The zero-order valence-corrected chi connectivity index (χ0v) is 10.5. The van der Waals surface area contributed by atoms with E-state index in [1.54, 1.807) is 7.05 Å². The Bertz CT molecular complexity index is 559. The van der Waals surface area contributed by atoms with E-state index >= 15 is 0 Å². The summed E-state index contributed by atoms with van der Waals surface area (Å²) in [5.74, 6) is 0.298. The van der Waals surface area contributed by atoms with Crippen molar-refractivity contribution in [1.29, 1.82) is 0 Å². The number of nitrogens with zero attached hydrogens (tertiary/aromatic N) is 1. The van der Waals surface area contributed by atoms with Crippen molar-refractivity contribution in [3.05, 3.63) is 34.3 Å². The maximum absolute atomic E-state index is 11.3. The Morgan fingerprint density at radius 1 is 1.41 bits per heavy atom. The number of fused-ring (bicyclic) bond motifs is 1. The van der Waals surface area contributed by atoms with Crippen molar-refractivity contribution in [2.24, 2.45) is 7.05 Å². The zero-order chi connectivity index (χ0) is 12.3. The van der Waals surface area contributed by atoms with Crippen molar-refractivity contribution >= 4 is 22.7 Å². The lowest BCUT2D eigenvalue weighted by atomic mass is 10.1. The highest BCUT2D eigenvalue weighted by Gasteiger charge is 2.05. The minimum Gasteiger partial charge on any atom is -0.408 e. The third-order valence-electron chi connectivity index (χ3n) is 2.72. The summed E-state index contributed by atoms with van der Waals surface area (Å²) in [6.07, 6.45) is 0.909. The molecule has 0 fully saturated rings. The number of hydrogen-bond donors (Lipinski definition) is 1. The average molecular weight is 255 g/mol. The van der Waals surface area contributed by atoms with Gasteiger partial charge in [0.1, 0.15) is 0 Å². The Balaban J connectivity index is 2.14. The molecular weight excluding hydrogens is 240 g/mol. The first-order chi connectivity index (χ1) is 8.22. The molecule has 0 unspecified atom stereocenters. The Morgan fingerprint density at radius 3 is 3.00 bits per heavy atom. The molecule has 1 aromatic carbocycles. The summed E-state index contributed by atoms with van der Waals surface area (Å²) < 4.78 is 6.59. The van der Waals surface area contributed by atoms with Gasteiger partial charge in [-0.15, -0.1) is 11.6 Å². The van der Waals surface area contributed by atoms with Gasteiger partial charge in [-0.3, -0.25) is 4.57 Å². The molecule has 0 saturated carbocycles. The molecule has 92 valence electrons. The van der Waals surface area contributed by atoms with Gasteiger partial charge in [0, 0.05) is 19.5 Å². The molecule has 0 bridgehead atoms. The molecule has 0 aliphatic rings. The molecule has 0 radical (unpaired) electrons. The second kappa shape index (κ2) is 5.38. The van der Waals surface area contributed by atoms with Crippen LogP contribution in [0.1, 0.15) is 5.56 Å². The monoisotopic (exact) mass is 254 g/mol. The Labute approximate surface area is 104 Å². The van der Waals surface area contributed by atoms with E-state index in [2.05, 4.69) is 5.32 Å². The van der Waals surface area contributed by atoms with Crippen molar-refractivity contribution in [3.8, 4) is 0 Å². The molecule has 2 aromatic rings. The minimum atomic E-state index is -0.322. The number of aryl methyl sites for hydroxylation is 1. The third kappa shape index (κ3) is 2.70. The molecule has 1 N–H and O–H groups in total. The average Bonchev–Trinajstić information content (AvgIpc) is 2.61. The molecule has 0 amide bonds. The van der Waals surface area contributed by atoms with Gasteiger partial charge >= 0.3 is 5.76 Å². The van der Waals surface area contributed by atoms with Crippen LogP contribution in [-0.2, 0) is 13.5 Å². The lowest BCUT2D eigenvalue weighted by molar-refractivity contribution is 0.528. The molecule has 0 aliphatic carbocycles. The van der Waals surface area contributed by atoms with E-state index in [1.807, 2.05) is 18.2 Å². The first kappa shape index (κ1) is 12.2. The zero-order valence-electron chi connectivity index (χ0n) is 9.70. The highest BCUT2D eigenvalue weighted by atomic mass is 35.5. The molecule has 0 saturated heterocycles. The van der Waals surface area contributed by atoms with Crippen LogP contribution in [0.25, 0.3) is 11.1 Å².